The second kappa shape index (κ2) is 8.61. The van der Waals surface area contributed by atoms with Gasteiger partial charge in [0.25, 0.3) is 5.56 Å². The molecule has 0 unspecified atom stereocenters. The number of rotatable bonds is 7. The zero-order chi connectivity index (χ0) is 20.1. The number of hydrogen-bond acceptors (Lipinski definition) is 4. The highest BCUT2D eigenvalue weighted by Crippen LogP contribution is 2.23. The van der Waals surface area contributed by atoms with E-state index in [-0.39, 0.29) is 18.0 Å². The average molecular weight is 380 g/mol. The molecule has 1 heterocycles. The summed E-state index contributed by atoms with van der Waals surface area (Å²) in [6.45, 7) is 2.15. The number of H-pyrrole nitrogens is 1. The number of carbonyl (C=O) groups excluding carboxylic acids is 1. The maximum Gasteiger partial charge on any atom is 0.253 e. The van der Waals surface area contributed by atoms with Crippen molar-refractivity contribution in [2.24, 2.45) is 0 Å². The van der Waals surface area contributed by atoms with Gasteiger partial charge in [0.1, 0.15) is 11.5 Å². The van der Waals surface area contributed by atoms with E-state index in [0.29, 0.717) is 23.5 Å². The highest BCUT2D eigenvalue weighted by Gasteiger charge is 2.18. The Morgan fingerprint density at radius 2 is 1.68 bits per heavy atom. The summed E-state index contributed by atoms with van der Waals surface area (Å²) in [4.78, 5) is 29.9. The number of carbonyl (C=O) groups is 1. The van der Waals surface area contributed by atoms with E-state index < -0.39 is 0 Å². The van der Waals surface area contributed by atoms with Gasteiger partial charge in [0.15, 0.2) is 0 Å². The third-order valence-corrected chi connectivity index (χ3v) is 4.61. The van der Waals surface area contributed by atoms with E-state index in [1.165, 1.54) is 0 Å². The lowest BCUT2D eigenvalue weighted by Crippen LogP contribution is -2.32. The van der Waals surface area contributed by atoms with Crippen molar-refractivity contribution in [2.75, 3.05) is 19.1 Å². The number of benzene rings is 2. The number of fused-ring (bicyclic) bond motifs is 1. The number of nitrogens with zero attached hydrogens (tertiary/aromatic N) is 1. The molecule has 0 aliphatic rings. The summed E-state index contributed by atoms with van der Waals surface area (Å²) in [7, 11) is 3.19. The number of nitrogens with one attached hydrogen (secondary N) is 1. The average Bonchev–Trinajstić information content (AvgIpc) is 2.72. The smallest absolute Gasteiger partial charge is 0.253 e. The highest BCUT2D eigenvalue weighted by atomic mass is 16.5. The summed E-state index contributed by atoms with van der Waals surface area (Å²) in [6, 6.07) is 14.5. The summed E-state index contributed by atoms with van der Waals surface area (Å²) >= 11 is 0. The van der Waals surface area contributed by atoms with Crippen molar-refractivity contribution in [3.05, 3.63) is 64.4 Å². The number of amides is 1. The lowest BCUT2D eigenvalue weighted by atomic mass is 10.1. The number of ether oxygens (including phenoxy) is 2. The number of aromatic amines is 1. The van der Waals surface area contributed by atoms with E-state index in [9.17, 15) is 9.59 Å². The van der Waals surface area contributed by atoms with Crippen LogP contribution in [0.5, 0.6) is 11.5 Å². The van der Waals surface area contributed by atoms with Crippen LogP contribution in [0.3, 0.4) is 0 Å². The van der Waals surface area contributed by atoms with Crippen LogP contribution in [0, 0.1) is 0 Å². The van der Waals surface area contributed by atoms with Crippen molar-refractivity contribution in [1.29, 1.82) is 0 Å². The first-order valence-electron chi connectivity index (χ1n) is 9.20. The van der Waals surface area contributed by atoms with Crippen LogP contribution in [0.4, 0.5) is 5.69 Å². The van der Waals surface area contributed by atoms with Gasteiger partial charge < -0.3 is 19.4 Å². The zero-order valence-electron chi connectivity index (χ0n) is 16.3. The Bertz CT molecular complexity index is 1020. The molecule has 0 bridgehead atoms. The van der Waals surface area contributed by atoms with E-state index in [1.807, 2.05) is 37.3 Å². The molecule has 2 aromatic carbocycles. The number of anilines is 1. The summed E-state index contributed by atoms with van der Waals surface area (Å²) in [5.74, 6) is 1.39. The fourth-order valence-corrected chi connectivity index (χ4v) is 3.08. The molecule has 28 heavy (non-hydrogen) atoms. The Hall–Kier alpha value is -3.28. The molecule has 146 valence electrons. The standard InChI is InChI=1S/C22H24N2O4/c1-4-5-21(25)24(17-6-8-18(27-2)9-7-17)14-16-12-15-13-19(28-3)10-11-20(15)23-22(16)26/h6-13H,4-5,14H2,1-3H3,(H,23,26). The van der Waals surface area contributed by atoms with Crippen molar-refractivity contribution >= 4 is 22.5 Å². The Morgan fingerprint density at radius 3 is 2.32 bits per heavy atom. The van der Waals surface area contributed by atoms with Gasteiger partial charge in [-0.25, -0.2) is 0 Å². The maximum atomic E-state index is 12.7. The minimum Gasteiger partial charge on any atom is -0.497 e. The molecule has 0 saturated heterocycles. The minimum atomic E-state index is -0.208. The molecule has 0 saturated carbocycles. The van der Waals surface area contributed by atoms with Gasteiger partial charge in [0.05, 0.1) is 20.8 Å². The summed E-state index contributed by atoms with van der Waals surface area (Å²) in [6.07, 6.45) is 1.14. The van der Waals surface area contributed by atoms with Gasteiger partial charge in [-0.2, -0.15) is 0 Å². The molecule has 0 aliphatic heterocycles. The molecule has 0 spiro atoms. The number of methoxy groups -OCH3 is 2. The first kappa shape index (κ1) is 19.5. The Balaban J connectivity index is 2.00. The van der Waals surface area contributed by atoms with E-state index >= 15 is 0 Å². The van der Waals surface area contributed by atoms with Gasteiger partial charge in [-0.05, 0) is 55.0 Å². The van der Waals surface area contributed by atoms with Crippen molar-refractivity contribution in [3.8, 4) is 11.5 Å². The zero-order valence-corrected chi connectivity index (χ0v) is 16.3. The molecule has 1 amide bonds. The normalized spacial score (nSPS) is 10.7. The van der Waals surface area contributed by atoms with E-state index in [1.54, 1.807) is 37.3 Å². The number of aromatic nitrogens is 1. The lowest BCUT2D eigenvalue weighted by Gasteiger charge is -2.23. The molecule has 0 atom stereocenters. The number of hydrogen-bond donors (Lipinski definition) is 1. The maximum absolute atomic E-state index is 12.7. The molecular formula is C22H24N2O4. The van der Waals surface area contributed by atoms with Crippen LogP contribution >= 0.6 is 0 Å². The third kappa shape index (κ3) is 4.17. The second-order valence-electron chi connectivity index (χ2n) is 6.50. The number of pyridine rings is 1. The van der Waals surface area contributed by atoms with Crippen LogP contribution in [0.25, 0.3) is 10.9 Å². The Labute approximate surface area is 163 Å². The predicted octanol–water partition coefficient (Wildman–Crippen LogP) is 3.88. The van der Waals surface area contributed by atoms with Crippen LogP contribution in [-0.4, -0.2) is 25.1 Å². The molecule has 1 N–H and O–H groups in total. The molecule has 3 rings (SSSR count). The molecule has 1 aromatic heterocycles. The van der Waals surface area contributed by atoms with Crippen LogP contribution in [0.2, 0.25) is 0 Å². The third-order valence-electron chi connectivity index (χ3n) is 4.61. The van der Waals surface area contributed by atoms with E-state index in [0.717, 1.165) is 23.0 Å². The van der Waals surface area contributed by atoms with Gasteiger partial charge >= 0.3 is 0 Å². The van der Waals surface area contributed by atoms with Crippen molar-refractivity contribution in [2.45, 2.75) is 26.3 Å². The van der Waals surface area contributed by atoms with Gasteiger partial charge in [-0.15, -0.1) is 0 Å². The summed E-state index contributed by atoms with van der Waals surface area (Å²) in [5.41, 5.74) is 1.76. The monoisotopic (exact) mass is 380 g/mol. The van der Waals surface area contributed by atoms with Crippen molar-refractivity contribution in [1.82, 2.24) is 4.98 Å². The van der Waals surface area contributed by atoms with Gasteiger partial charge in [-0.3, -0.25) is 9.59 Å². The summed E-state index contributed by atoms with van der Waals surface area (Å²) < 4.78 is 10.5. The van der Waals surface area contributed by atoms with E-state index in [4.69, 9.17) is 9.47 Å². The fraction of sp³-hybridized carbons (Fsp3) is 0.273. The van der Waals surface area contributed by atoms with Crippen LogP contribution in [0.15, 0.2) is 53.3 Å². The van der Waals surface area contributed by atoms with Crippen LogP contribution < -0.4 is 19.9 Å². The van der Waals surface area contributed by atoms with Crippen molar-refractivity contribution < 1.29 is 14.3 Å². The molecule has 3 aromatic rings. The SMILES string of the molecule is CCCC(=O)N(Cc1cc2cc(OC)ccc2[nH]c1=O)c1ccc(OC)cc1. The van der Waals surface area contributed by atoms with Crippen LogP contribution in [-0.2, 0) is 11.3 Å². The first-order chi connectivity index (χ1) is 13.5. The molecule has 0 aliphatic carbocycles. The Kier molecular flexibility index (Phi) is 5.99. The second-order valence-corrected chi connectivity index (χ2v) is 6.50. The minimum absolute atomic E-state index is 0.0298. The molecular weight excluding hydrogens is 356 g/mol. The largest absolute Gasteiger partial charge is 0.497 e. The molecule has 6 nitrogen and oxygen atoms in total. The highest BCUT2D eigenvalue weighted by molar-refractivity contribution is 5.93. The van der Waals surface area contributed by atoms with Gasteiger partial charge in [0.2, 0.25) is 5.91 Å². The molecule has 6 heteroatoms. The topological polar surface area (TPSA) is 71.6 Å². The summed E-state index contributed by atoms with van der Waals surface area (Å²) in [5, 5.41) is 0.853. The van der Waals surface area contributed by atoms with Gasteiger partial charge in [-0.1, -0.05) is 6.92 Å². The van der Waals surface area contributed by atoms with E-state index in [2.05, 4.69) is 4.98 Å². The lowest BCUT2D eigenvalue weighted by molar-refractivity contribution is -0.118. The quantitative estimate of drug-likeness (QED) is 0.675. The molecule has 0 radical (unpaired) electrons. The predicted molar refractivity (Wildman–Crippen MR) is 110 cm³/mol. The molecule has 0 fully saturated rings. The van der Waals surface area contributed by atoms with Crippen molar-refractivity contribution in [3.63, 3.8) is 0 Å². The van der Waals surface area contributed by atoms with Crippen LogP contribution in [0.1, 0.15) is 25.3 Å². The van der Waals surface area contributed by atoms with Gasteiger partial charge in [0, 0.05) is 28.6 Å². The first-order valence-corrected chi connectivity index (χ1v) is 9.20. The fourth-order valence-electron chi connectivity index (χ4n) is 3.08. The Morgan fingerprint density at radius 1 is 1.00 bits per heavy atom.